The second-order valence-electron chi connectivity index (χ2n) is 4.46. The van der Waals surface area contributed by atoms with Crippen LogP contribution in [0.4, 0.5) is 5.69 Å². The van der Waals surface area contributed by atoms with Crippen molar-refractivity contribution in [3.63, 3.8) is 0 Å². The molecule has 0 atom stereocenters. The van der Waals surface area contributed by atoms with E-state index in [0.717, 1.165) is 6.42 Å². The quantitative estimate of drug-likeness (QED) is 0.628. The molecule has 0 saturated heterocycles. The minimum Gasteiger partial charge on any atom is -0.487 e. The maximum Gasteiger partial charge on any atom is 0.311 e. The zero-order valence-electron chi connectivity index (χ0n) is 12.1. The van der Waals surface area contributed by atoms with Gasteiger partial charge in [0.15, 0.2) is 5.75 Å². The first-order valence-electron chi connectivity index (χ1n) is 6.83. The third-order valence-corrected chi connectivity index (χ3v) is 3.89. The van der Waals surface area contributed by atoms with Crippen LogP contribution in [0.2, 0.25) is 0 Å². The first kappa shape index (κ1) is 16.0. The Morgan fingerprint density at radius 3 is 2.86 bits per heavy atom. The van der Waals surface area contributed by atoms with Gasteiger partial charge in [-0.1, -0.05) is 6.07 Å². The van der Waals surface area contributed by atoms with Gasteiger partial charge in [-0.15, -0.1) is 11.3 Å². The van der Waals surface area contributed by atoms with Crippen molar-refractivity contribution in [2.75, 3.05) is 13.2 Å². The topological polar surface area (TPSA) is 81.5 Å². The molecule has 2 aromatic rings. The minimum absolute atomic E-state index is 0.169. The largest absolute Gasteiger partial charge is 0.487 e. The summed E-state index contributed by atoms with van der Waals surface area (Å²) in [4.78, 5) is 23.7. The molecule has 2 rings (SSSR count). The Balaban J connectivity index is 2.02. The van der Waals surface area contributed by atoms with Crippen molar-refractivity contribution in [1.82, 2.24) is 5.32 Å². The highest BCUT2D eigenvalue weighted by Crippen LogP contribution is 2.27. The van der Waals surface area contributed by atoms with E-state index in [9.17, 15) is 14.9 Å². The van der Waals surface area contributed by atoms with Crippen LogP contribution in [0.1, 0.15) is 22.2 Å². The van der Waals surface area contributed by atoms with Crippen molar-refractivity contribution >= 4 is 22.9 Å². The number of hydrogen-bond donors (Lipinski definition) is 1. The van der Waals surface area contributed by atoms with E-state index in [4.69, 9.17) is 4.74 Å². The second kappa shape index (κ2) is 7.56. The van der Waals surface area contributed by atoms with Crippen LogP contribution in [-0.4, -0.2) is 24.0 Å². The normalized spacial score (nSPS) is 10.2. The Morgan fingerprint density at radius 2 is 2.23 bits per heavy atom. The highest BCUT2D eigenvalue weighted by atomic mass is 32.1. The summed E-state index contributed by atoms with van der Waals surface area (Å²) in [6.07, 6.45) is 0.739. The monoisotopic (exact) mass is 320 g/mol. The van der Waals surface area contributed by atoms with Crippen LogP contribution in [-0.2, 0) is 6.42 Å². The van der Waals surface area contributed by atoms with E-state index in [1.165, 1.54) is 23.1 Å². The number of hydrogen-bond acceptors (Lipinski definition) is 5. The van der Waals surface area contributed by atoms with Crippen molar-refractivity contribution in [3.05, 3.63) is 56.3 Å². The minimum atomic E-state index is -0.548. The third kappa shape index (κ3) is 4.05. The lowest BCUT2D eigenvalue weighted by Crippen LogP contribution is -2.25. The summed E-state index contributed by atoms with van der Waals surface area (Å²) >= 11 is 1.63. The SMILES string of the molecule is CCOc1ccc(C(=O)NCCc2cccs2)cc1[N+](=O)[O-]. The molecule has 1 amide bonds. The number of carbonyl (C=O) groups is 1. The lowest BCUT2D eigenvalue weighted by Gasteiger charge is -2.07. The van der Waals surface area contributed by atoms with Crippen molar-refractivity contribution in [1.29, 1.82) is 0 Å². The number of benzene rings is 1. The van der Waals surface area contributed by atoms with E-state index < -0.39 is 4.92 Å². The van der Waals surface area contributed by atoms with Gasteiger partial charge in [0, 0.05) is 23.1 Å². The lowest BCUT2D eigenvalue weighted by molar-refractivity contribution is -0.385. The van der Waals surface area contributed by atoms with Crippen LogP contribution in [0.25, 0.3) is 0 Å². The molecule has 116 valence electrons. The Labute approximate surface area is 131 Å². The molecule has 0 aliphatic carbocycles. The average molecular weight is 320 g/mol. The second-order valence-corrected chi connectivity index (χ2v) is 5.49. The maximum absolute atomic E-state index is 12.0. The number of nitrogens with zero attached hydrogens (tertiary/aromatic N) is 1. The molecule has 0 aliphatic rings. The van der Waals surface area contributed by atoms with Gasteiger partial charge in [-0.25, -0.2) is 0 Å². The van der Waals surface area contributed by atoms with Gasteiger partial charge in [0.05, 0.1) is 11.5 Å². The number of carbonyl (C=O) groups excluding carboxylic acids is 1. The number of thiophene rings is 1. The zero-order valence-corrected chi connectivity index (χ0v) is 12.9. The Bertz CT molecular complexity index is 656. The van der Waals surface area contributed by atoms with E-state index in [1.54, 1.807) is 18.3 Å². The summed E-state index contributed by atoms with van der Waals surface area (Å²) in [7, 11) is 0. The van der Waals surface area contributed by atoms with Crippen molar-refractivity contribution in [2.45, 2.75) is 13.3 Å². The van der Waals surface area contributed by atoms with Crippen LogP contribution in [0.3, 0.4) is 0 Å². The fourth-order valence-electron chi connectivity index (χ4n) is 1.93. The molecule has 1 aromatic carbocycles. The summed E-state index contributed by atoms with van der Waals surface area (Å²) in [5, 5.41) is 15.8. The van der Waals surface area contributed by atoms with E-state index >= 15 is 0 Å². The summed E-state index contributed by atoms with van der Waals surface area (Å²) < 4.78 is 5.19. The van der Waals surface area contributed by atoms with Gasteiger partial charge < -0.3 is 10.1 Å². The maximum atomic E-state index is 12.0. The van der Waals surface area contributed by atoms with E-state index in [0.29, 0.717) is 13.2 Å². The van der Waals surface area contributed by atoms with Crippen molar-refractivity contribution < 1.29 is 14.5 Å². The third-order valence-electron chi connectivity index (χ3n) is 2.95. The molecule has 22 heavy (non-hydrogen) atoms. The number of ether oxygens (including phenoxy) is 1. The molecule has 0 spiro atoms. The summed E-state index contributed by atoms with van der Waals surface area (Å²) in [6, 6.07) is 8.18. The predicted octanol–water partition coefficient (Wildman–Crippen LogP) is 3.03. The summed E-state index contributed by atoms with van der Waals surface area (Å²) in [5.74, 6) is -0.162. The molecule has 1 N–H and O–H groups in total. The molecule has 0 bridgehead atoms. The number of rotatable bonds is 7. The molecule has 6 nitrogen and oxygen atoms in total. The van der Waals surface area contributed by atoms with Crippen LogP contribution in [0, 0.1) is 10.1 Å². The zero-order chi connectivity index (χ0) is 15.9. The predicted molar refractivity (Wildman–Crippen MR) is 84.6 cm³/mol. The summed E-state index contributed by atoms with van der Waals surface area (Å²) in [6.45, 7) is 2.56. The Kier molecular flexibility index (Phi) is 5.48. The van der Waals surface area contributed by atoms with Crippen molar-refractivity contribution in [2.24, 2.45) is 0 Å². The number of amides is 1. The molecule has 7 heteroatoms. The Morgan fingerprint density at radius 1 is 1.41 bits per heavy atom. The Hall–Kier alpha value is -2.41. The fourth-order valence-corrected chi connectivity index (χ4v) is 2.64. The van der Waals surface area contributed by atoms with Gasteiger partial charge in [-0.2, -0.15) is 0 Å². The number of nitro groups is 1. The van der Waals surface area contributed by atoms with Gasteiger partial charge in [-0.05, 0) is 36.9 Å². The highest BCUT2D eigenvalue weighted by molar-refractivity contribution is 7.09. The molecule has 0 unspecified atom stereocenters. The first-order chi connectivity index (χ1) is 10.6. The van der Waals surface area contributed by atoms with Crippen LogP contribution in [0.15, 0.2) is 35.7 Å². The van der Waals surface area contributed by atoms with E-state index in [-0.39, 0.29) is 22.9 Å². The molecule has 0 radical (unpaired) electrons. The van der Waals surface area contributed by atoms with Gasteiger partial charge in [0.1, 0.15) is 0 Å². The van der Waals surface area contributed by atoms with E-state index in [2.05, 4.69) is 5.32 Å². The van der Waals surface area contributed by atoms with Crippen LogP contribution >= 0.6 is 11.3 Å². The molecule has 0 saturated carbocycles. The molecule has 0 fully saturated rings. The van der Waals surface area contributed by atoms with Gasteiger partial charge in [-0.3, -0.25) is 14.9 Å². The molecular formula is C15H16N2O4S. The van der Waals surface area contributed by atoms with Crippen LogP contribution < -0.4 is 10.1 Å². The number of nitrogens with one attached hydrogen (secondary N) is 1. The lowest BCUT2D eigenvalue weighted by atomic mass is 10.1. The standard InChI is InChI=1S/C15H16N2O4S/c1-2-21-14-6-5-11(10-13(14)17(19)20)15(18)16-8-7-12-4-3-9-22-12/h3-6,9-10H,2,7-8H2,1H3,(H,16,18). The highest BCUT2D eigenvalue weighted by Gasteiger charge is 2.18. The summed E-state index contributed by atoms with van der Waals surface area (Å²) in [5.41, 5.74) is 0.0501. The molecule has 1 aromatic heterocycles. The van der Waals surface area contributed by atoms with Gasteiger partial charge >= 0.3 is 5.69 Å². The first-order valence-corrected chi connectivity index (χ1v) is 7.71. The number of nitro benzene ring substituents is 1. The van der Waals surface area contributed by atoms with E-state index in [1.807, 2.05) is 17.5 Å². The molecule has 0 aliphatic heterocycles. The molecule has 1 heterocycles. The fraction of sp³-hybridized carbons (Fsp3) is 0.267. The van der Waals surface area contributed by atoms with Gasteiger partial charge in [0.2, 0.25) is 0 Å². The van der Waals surface area contributed by atoms with Gasteiger partial charge in [0.25, 0.3) is 5.91 Å². The van der Waals surface area contributed by atoms with Crippen LogP contribution in [0.5, 0.6) is 5.75 Å². The van der Waals surface area contributed by atoms with Crippen molar-refractivity contribution in [3.8, 4) is 5.75 Å². The average Bonchev–Trinajstić information content (AvgIpc) is 3.01. The smallest absolute Gasteiger partial charge is 0.311 e. The molecular weight excluding hydrogens is 304 g/mol.